The van der Waals surface area contributed by atoms with E-state index < -0.39 is 17.8 Å². The predicted octanol–water partition coefficient (Wildman–Crippen LogP) is 3.36. The van der Waals surface area contributed by atoms with Gasteiger partial charge in [-0.3, -0.25) is 4.79 Å². The van der Waals surface area contributed by atoms with E-state index in [1.165, 1.54) is 0 Å². The van der Waals surface area contributed by atoms with Gasteiger partial charge in [0.05, 0.1) is 16.7 Å². The van der Waals surface area contributed by atoms with Crippen LogP contribution < -0.4 is 4.90 Å². The Kier molecular flexibility index (Phi) is 5.62. The van der Waals surface area contributed by atoms with Gasteiger partial charge in [0.25, 0.3) is 0 Å². The first-order chi connectivity index (χ1) is 12.3. The van der Waals surface area contributed by atoms with Crippen LogP contribution in [-0.4, -0.2) is 54.7 Å². The highest BCUT2D eigenvalue weighted by Crippen LogP contribution is 2.36. The summed E-state index contributed by atoms with van der Waals surface area (Å²) in [6.45, 7) is 1.76. The van der Waals surface area contributed by atoms with Crippen LogP contribution in [-0.2, 0) is 15.7 Å². The molecule has 2 aliphatic rings. The molecular weight excluding hydrogens is 371 g/mol. The number of halogens is 4. The number of anilines is 1. The zero-order chi connectivity index (χ0) is 18.9. The summed E-state index contributed by atoms with van der Waals surface area (Å²) in [5.41, 5.74) is -0.899. The number of ether oxygens (including phenoxy) is 1. The number of carbonyl (C=O) groups excluding carboxylic acids is 1. The molecule has 0 aliphatic carbocycles. The second-order valence-corrected chi connectivity index (χ2v) is 7.14. The molecule has 1 aromatic heterocycles. The fourth-order valence-corrected chi connectivity index (χ4v) is 3.79. The Bertz CT molecular complexity index is 665. The number of carbonyl (C=O) groups is 1. The van der Waals surface area contributed by atoms with Crippen LogP contribution >= 0.6 is 11.6 Å². The highest BCUT2D eigenvalue weighted by Gasteiger charge is 2.37. The summed E-state index contributed by atoms with van der Waals surface area (Å²) in [4.78, 5) is 20.1. The summed E-state index contributed by atoms with van der Waals surface area (Å²) in [6.07, 6.45) is -0.400. The molecule has 1 amide bonds. The first-order valence-corrected chi connectivity index (χ1v) is 9.01. The number of pyridine rings is 1. The quantitative estimate of drug-likeness (QED) is 0.789. The largest absolute Gasteiger partial charge is 0.417 e. The van der Waals surface area contributed by atoms with Crippen molar-refractivity contribution in [2.24, 2.45) is 0 Å². The van der Waals surface area contributed by atoms with Crippen LogP contribution in [0.25, 0.3) is 0 Å². The van der Waals surface area contributed by atoms with E-state index in [0.29, 0.717) is 26.1 Å². The Labute approximate surface area is 155 Å². The van der Waals surface area contributed by atoms with Crippen molar-refractivity contribution in [1.29, 1.82) is 0 Å². The summed E-state index contributed by atoms with van der Waals surface area (Å²) in [5.74, 6) is 0.136. The third kappa shape index (κ3) is 4.06. The Balaban J connectivity index is 1.74. The number of aromatic nitrogens is 1. The lowest BCUT2D eigenvalue weighted by Gasteiger charge is -2.30. The minimum Gasteiger partial charge on any atom is -0.376 e. The van der Waals surface area contributed by atoms with Crippen molar-refractivity contribution >= 4 is 23.3 Å². The van der Waals surface area contributed by atoms with Crippen LogP contribution in [0.3, 0.4) is 0 Å². The number of hydrogen-bond acceptors (Lipinski definition) is 4. The van der Waals surface area contributed by atoms with Gasteiger partial charge < -0.3 is 14.5 Å². The highest BCUT2D eigenvalue weighted by atomic mass is 35.5. The number of amides is 1. The number of likely N-dealkylation sites (N-methyl/N-ethyl adjacent to an activating group) is 1. The van der Waals surface area contributed by atoms with Crippen LogP contribution in [0.1, 0.15) is 31.2 Å². The van der Waals surface area contributed by atoms with Gasteiger partial charge in [-0.25, -0.2) is 4.98 Å². The van der Waals surface area contributed by atoms with E-state index in [1.54, 1.807) is 16.8 Å². The maximum atomic E-state index is 12.8. The molecule has 2 atom stereocenters. The zero-order valence-electron chi connectivity index (χ0n) is 14.4. The van der Waals surface area contributed by atoms with Gasteiger partial charge in [0.15, 0.2) is 0 Å². The van der Waals surface area contributed by atoms with Gasteiger partial charge in [-0.15, -0.1) is 0 Å². The van der Waals surface area contributed by atoms with E-state index in [2.05, 4.69) is 4.98 Å². The highest BCUT2D eigenvalue weighted by molar-refractivity contribution is 6.33. The fourth-order valence-electron chi connectivity index (χ4n) is 3.51. The summed E-state index contributed by atoms with van der Waals surface area (Å²) in [7, 11) is 1.72. The van der Waals surface area contributed by atoms with Crippen LogP contribution in [0.4, 0.5) is 19.0 Å². The van der Waals surface area contributed by atoms with Crippen molar-refractivity contribution in [1.82, 2.24) is 9.88 Å². The van der Waals surface area contributed by atoms with Crippen LogP contribution in [0.2, 0.25) is 5.02 Å². The standard InChI is InChI=1S/C17H21ClF3N3O2/c1-23(10-12-4-3-7-26-12)16(25)14-5-2-6-24(14)15-13(18)8-11(9-22-15)17(19,20)21/h8-9,12,14H,2-7,10H2,1H3. The Morgan fingerprint density at radius 3 is 2.81 bits per heavy atom. The molecule has 5 nitrogen and oxygen atoms in total. The van der Waals surface area contributed by atoms with Gasteiger partial charge in [-0.2, -0.15) is 13.2 Å². The number of nitrogens with zero attached hydrogens (tertiary/aromatic N) is 3. The molecule has 0 bridgehead atoms. The minimum atomic E-state index is -4.50. The molecule has 0 aromatic carbocycles. The molecule has 2 saturated heterocycles. The third-order valence-electron chi connectivity index (χ3n) is 4.84. The topological polar surface area (TPSA) is 45.7 Å². The maximum absolute atomic E-state index is 12.8. The number of rotatable bonds is 4. The van der Waals surface area contributed by atoms with E-state index in [-0.39, 0.29) is 22.9 Å². The molecule has 0 spiro atoms. The molecule has 3 heterocycles. The molecule has 144 valence electrons. The second kappa shape index (κ2) is 7.60. The predicted molar refractivity (Wildman–Crippen MR) is 91.2 cm³/mol. The third-order valence-corrected chi connectivity index (χ3v) is 5.11. The Morgan fingerprint density at radius 1 is 1.42 bits per heavy atom. The van der Waals surface area contributed by atoms with Gasteiger partial charge in [-0.1, -0.05) is 11.6 Å². The van der Waals surface area contributed by atoms with Gasteiger partial charge in [0.1, 0.15) is 11.9 Å². The van der Waals surface area contributed by atoms with E-state index in [4.69, 9.17) is 16.3 Å². The second-order valence-electron chi connectivity index (χ2n) is 6.73. The van der Waals surface area contributed by atoms with Crippen molar-refractivity contribution in [2.45, 2.75) is 44.0 Å². The smallest absolute Gasteiger partial charge is 0.376 e. The van der Waals surface area contributed by atoms with Crippen LogP contribution in [0, 0.1) is 0 Å². The molecule has 3 rings (SSSR count). The molecule has 9 heteroatoms. The summed E-state index contributed by atoms with van der Waals surface area (Å²) < 4.78 is 44.0. The normalized spacial score (nSPS) is 23.5. The molecule has 2 unspecified atom stereocenters. The lowest BCUT2D eigenvalue weighted by molar-refractivity contribution is -0.138. The molecule has 1 aromatic rings. The molecule has 26 heavy (non-hydrogen) atoms. The average Bonchev–Trinajstić information content (AvgIpc) is 3.24. The molecule has 0 radical (unpaired) electrons. The molecule has 2 fully saturated rings. The van der Waals surface area contributed by atoms with Crippen molar-refractivity contribution < 1.29 is 22.7 Å². The molecule has 0 saturated carbocycles. The van der Waals surface area contributed by atoms with Crippen molar-refractivity contribution in [3.05, 3.63) is 22.8 Å². The SMILES string of the molecule is CN(CC1CCCO1)C(=O)C1CCCN1c1ncc(C(F)(F)F)cc1Cl. The van der Waals surface area contributed by atoms with Gasteiger partial charge in [0.2, 0.25) is 5.91 Å². The maximum Gasteiger partial charge on any atom is 0.417 e. The Hall–Kier alpha value is -1.54. The van der Waals surface area contributed by atoms with Gasteiger partial charge >= 0.3 is 6.18 Å². The Morgan fingerprint density at radius 2 is 2.19 bits per heavy atom. The van der Waals surface area contributed by atoms with E-state index in [9.17, 15) is 18.0 Å². The molecule has 0 N–H and O–H groups in total. The number of alkyl halides is 3. The summed E-state index contributed by atoms with van der Waals surface area (Å²) in [6, 6.07) is 0.392. The monoisotopic (exact) mass is 391 g/mol. The molecular formula is C17H21ClF3N3O2. The average molecular weight is 392 g/mol. The van der Waals surface area contributed by atoms with Gasteiger partial charge in [-0.05, 0) is 31.7 Å². The fraction of sp³-hybridized carbons (Fsp3) is 0.647. The zero-order valence-corrected chi connectivity index (χ0v) is 15.2. The van der Waals surface area contributed by atoms with E-state index in [0.717, 1.165) is 31.5 Å². The van der Waals surface area contributed by atoms with Crippen molar-refractivity contribution in [2.75, 3.05) is 31.6 Å². The van der Waals surface area contributed by atoms with E-state index in [1.807, 2.05) is 0 Å². The summed E-state index contributed by atoms with van der Waals surface area (Å²) >= 11 is 6.05. The van der Waals surface area contributed by atoms with Crippen LogP contribution in [0.15, 0.2) is 12.3 Å². The molecule has 2 aliphatic heterocycles. The van der Waals surface area contributed by atoms with Crippen molar-refractivity contribution in [3.63, 3.8) is 0 Å². The lowest BCUT2D eigenvalue weighted by atomic mass is 10.1. The first kappa shape index (κ1) is 19.2. The van der Waals surface area contributed by atoms with Crippen molar-refractivity contribution in [3.8, 4) is 0 Å². The van der Waals surface area contributed by atoms with Crippen LogP contribution in [0.5, 0.6) is 0 Å². The lowest BCUT2D eigenvalue weighted by Crippen LogP contribution is -2.46. The summed E-state index contributed by atoms with van der Waals surface area (Å²) in [5, 5.41) is -0.0960. The minimum absolute atomic E-state index is 0.0478. The first-order valence-electron chi connectivity index (χ1n) is 8.63. The number of hydrogen-bond donors (Lipinski definition) is 0. The van der Waals surface area contributed by atoms with E-state index >= 15 is 0 Å². The van der Waals surface area contributed by atoms with Gasteiger partial charge in [0, 0.05) is 32.9 Å².